The monoisotopic (exact) mass is 315 g/mol. The number of benzene rings is 1. The summed E-state index contributed by atoms with van der Waals surface area (Å²) in [6, 6.07) is 7.42. The van der Waals surface area contributed by atoms with Crippen molar-refractivity contribution >= 4 is 11.5 Å². The van der Waals surface area contributed by atoms with Crippen LogP contribution in [0.4, 0.5) is 11.5 Å². The van der Waals surface area contributed by atoms with Crippen molar-refractivity contribution in [2.45, 2.75) is 19.9 Å². The van der Waals surface area contributed by atoms with Gasteiger partial charge in [0.2, 0.25) is 0 Å². The van der Waals surface area contributed by atoms with Crippen LogP contribution in [-0.2, 0) is 6.54 Å². The molecule has 2 heterocycles. The van der Waals surface area contributed by atoms with Gasteiger partial charge in [0.25, 0.3) is 5.69 Å². The molecule has 120 valence electrons. The molecule has 1 aromatic heterocycles. The van der Waals surface area contributed by atoms with Crippen LogP contribution in [0.25, 0.3) is 0 Å². The third-order valence-corrected chi connectivity index (χ3v) is 3.59. The smallest absolute Gasteiger partial charge is 0.290 e. The number of fused-ring (bicyclic) bond motifs is 1. The Morgan fingerprint density at radius 1 is 1.35 bits per heavy atom. The first-order valence-corrected chi connectivity index (χ1v) is 7.37. The molecule has 0 bridgehead atoms. The second-order valence-electron chi connectivity index (χ2n) is 5.26. The van der Waals surface area contributed by atoms with Gasteiger partial charge in [0, 0.05) is 24.1 Å². The molecule has 23 heavy (non-hydrogen) atoms. The number of nitro groups is 1. The van der Waals surface area contributed by atoms with Crippen LogP contribution in [0.1, 0.15) is 17.5 Å². The Hall–Kier alpha value is -2.83. The number of para-hydroxylation sites is 1. The van der Waals surface area contributed by atoms with E-state index in [0.29, 0.717) is 31.1 Å². The average Bonchev–Trinajstić information content (AvgIpc) is 2.78. The second kappa shape index (κ2) is 6.51. The van der Waals surface area contributed by atoms with Crippen molar-refractivity contribution < 1.29 is 14.4 Å². The lowest BCUT2D eigenvalue weighted by Crippen LogP contribution is -2.05. The minimum absolute atomic E-state index is 0.0147. The predicted molar refractivity (Wildman–Crippen MR) is 85.0 cm³/mol. The maximum atomic E-state index is 10.8. The molecule has 0 radical (unpaired) electrons. The fraction of sp³-hybridized carbons (Fsp3) is 0.312. The van der Waals surface area contributed by atoms with Gasteiger partial charge in [-0.2, -0.15) is 0 Å². The molecule has 7 nitrogen and oxygen atoms in total. The molecule has 0 fully saturated rings. The Morgan fingerprint density at radius 2 is 2.17 bits per heavy atom. The van der Waals surface area contributed by atoms with Crippen molar-refractivity contribution in [3.05, 3.63) is 51.7 Å². The highest BCUT2D eigenvalue weighted by molar-refractivity contribution is 5.50. The van der Waals surface area contributed by atoms with Crippen LogP contribution in [0.3, 0.4) is 0 Å². The third kappa shape index (κ3) is 3.33. The van der Waals surface area contributed by atoms with Crippen LogP contribution in [-0.4, -0.2) is 23.1 Å². The molecule has 0 aliphatic carbocycles. The molecule has 0 saturated carbocycles. The molecule has 1 aromatic carbocycles. The zero-order valence-electron chi connectivity index (χ0n) is 12.7. The number of aryl methyl sites for hydroxylation is 1. The standard InChI is InChI=1S/C16H17N3O4/c1-11-8-15(18-10-13(11)19(20)21)17-9-12-4-2-5-14-16(12)23-7-3-6-22-14/h2,4-5,8,10H,3,6-7,9H2,1H3,(H,17,18). The number of anilines is 1. The van der Waals surface area contributed by atoms with E-state index in [9.17, 15) is 10.1 Å². The number of ether oxygens (including phenoxy) is 2. The predicted octanol–water partition coefficient (Wildman–Crippen LogP) is 3.07. The summed E-state index contributed by atoms with van der Waals surface area (Å²) >= 11 is 0. The van der Waals surface area contributed by atoms with E-state index in [2.05, 4.69) is 10.3 Å². The maximum Gasteiger partial charge on any atom is 0.290 e. The number of rotatable bonds is 4. The zero-order valence-corrected chi connectivity index (χ0v) is 12.7. The van der Waals surface area contributed by atoms with E-state index >= 15 is 0 Å². The zero-order chi connectivity index (χ0) is 16.2. The van der Waals surface area contributed by atoms with E-state index in [1.165, 1.54) is 6.20 Å². The number of nitrogens with one attached hydrogen (secondary N) is 1. The first kappa shape index (κ1) is 15.1. The number of hydrogen-bond donors (Lipinski definition) is 1. The molecular formula is C16H17N3O4. The van der Waals surface area contributed by atoms with Crippen LogP contribution < -0.4 is 14.8 Å². The molecule has 7 heteroatoms. The summed E-state index contributed by atoms with van der Waals surface area (Å²) < 4.78 is 11.4. The molecule has 1 N–H and O–H groups in total. The van der Waals surface area contributed by atoms with Crippen molar-refractivity contribution in [3.8, 4) is 11.5 Å². The maximum absolute atomic E-state index is 10.8. The van der Waals surface area contributed by atoms with E-state index in [-0.39, 0.29) is 5.69 Å². The third-order valence-electron chi connectivity index (χ3n) is 3.59. The first-order chi connectivity index (χ1) is 11.1. The van der Waals surface area contributed by atoms with Gasteiger partial charge in [0.15, 0.2) is 11.5 Å². The Kier molecular flexibility index (Phi) is 4.27. The normalized spacial score (nSPS) is 13.3. The largest absolute Gasteiger partial charge is 0.490 e. The molecular weight excluding hydrogens is 298 g/mol. The molecule has 1 aliphatic heterocycles. The topological polar surface area (TPSA) is 86.5 Å². The first-order valence-electron chi connectivity index (χ1n) is 7.37. The highest BCUT2D eigenvalue weighted by Crippen LogP contribution is 2.33. The number of hydrogen-bond acceptors (Lipinski definition) is 6. The van der Waals surface area contributed by atoms with Gasteiger partial charge in [0.1, 0.15) is 12.0 Å². The van der Waals surface area contributed by atoms with Crippen LogP contribution in [0.15, 0.2) is 30.5 Å². The van der Waals surface area contributed by atoms with E-state index in [1.54, 1.807) is 13.0 Å². The van der Waals surface area contributed by atoms with E-state index in [0.717, 1.165) is 23.5 Å². The summed E-state index contributed by atoms with van der Waals surface area (Å²) in [4.78, 5) is 14.5. The van der Waals surface area contributed by atoms with Crippen molar-refractivity contribution in [1.29, 1.82) is 0 Å². The van der Waals surface area contributed by atoms with Gasteiger partial charge < -0.3 is 14.8 Å². The quantitative estimate of drug-likeness (QED) is 0.689. The Bertz CT molecular complexity index is 733. The molecule has 0 spiro atoms. The fourth-order valence-corrected chi connectivity index (χ4v) is 2.42. The summed E-state index contributed by atoms with van der Waals surface area (Å²) in [6.07, 6.45) is 2.12. The summed E-state index contributed by atoms with van der Waals surface area (Å²) in [5.41, 5.74) is 1.54. The molecule has 2 aromatic rings. The highest BCUT2D eigenvalue weighted by atomic mass is 16.6. The lowest BCUT2D eigenvalue weighted by Gasteiger charge is -2.13. The van der Waals surface area contributed by atoms with Crippen LogP contribution in [0.5, 0.6) is 11.5 Å². The van der Waals surface area contributed by atoms with Crippen molar-refractivity contribution in [1.82, 2.24) is 4.98 Å². The number of nitrogens with zero attached hydrogens (tertiary/aromatic N) is 2. The van der Waals surface area contributed by atoms with Crippen molar-refractivity contribution in [2.75, 3.05) is 18.5 Å². The van der Waals surface area contributed by atoms with Gasteiger partial charge in [-0.05, 0) is 19.1 Å². The molecule has 1 aliphatic rings. The molecule has 0 atom stereocenters. The lowest BCUT2D eigenvalue weighted by atomic mass is 10.2. The molecule has 3 rings (SSSR count). The highest BCUT2D eigenvalue weighted by Gasteiger charge is 2.15. The van der Waals surface area contributed by atoms with Gasteiger partial charge in [-0.3, -0.25) is 10.1 Å². The van der Waals surface area contributed by atoms with Crippen LogP contribution >= 0.6 is 0 Å². The van der Waals surface area contributed by atoms with E-state index in [1.807, 2.05) is 18.2 Å². The van der Waals surface area contributed by atoms with E-state index in [4.69, 9.17) is 9.47 Å². The van der Waals surface area contributed by atoms with Crippen molar-refractivity contribution in [2.24, 2.45) is 0 Å². The molecule has 0 unspecified atom stereocenters. The minimum Gasteiger partial charge on any atom is -0.490 e. The van der Waals surface area contributed by atoms with Gasteiger partial charge in [-0.1, -0.05) is 12.1 Å². The van der Waals surface area contributed by atoms with Crippen molar-refractivity contribution in [3.63, 3.8) is 0 Å². The lowest BCUT2D eigenvalue weighted by molar-refractivity contribution is -0.385. The number of pyridine rings is 1. The number of aromatic nitrogens is 1. The minimum atomic E-state index is -0.436. The summed E-state index contributed by atoms with van der Waals surface area (Å²) in [6.45, 7) is 3.46. The summed E-state index contributed by atoms with van der Waals surface area (Å²) in [5, 5.41) is 14.0. The Balaban J connectivity index is 1.76. The van der Waals surface area contributed by atoms with E-state index < -0.39 is 4.92 Å². The second-order valence-corrected chi connectivity index (χ2v) is 5.26. The van der Waals surface area contributed by atoms with Gasteiger partial charge in [-0.25, -0.2) is 4.98 Å². The molecule has 0 saturated heterocycles. The Labute approximate surface area is 133 Å². The SMILES string of the molecule is Cc1cc(NCc2cccc3c2OCCCO3)ncc1[N+](=O)[O-]. The molecule has 0 amide bonds. The van der Waals surface area contributed by atoms with Gasteiger partial charge in [0.05, 0.1) is 18.1 Å². The van der Waals surface area contributed by atoms with Crippen LogP contribution in [0, 0.1) is 17.0 Å². The fourth-order valence-electron chi connectivity index (χ4n) is 2.42. The Morgan fingerprint density at radius 3 is 2.96 bits per heavy atom. The average molecular weight is 315 g/mol. The summed E-state index contributed by atoms with van der Waals surface area (Å²) in [5.74, 6) is 2.08. The van der Waals surface area contributed by atoms with Crippen LogP contribution in [0.2, 0.25) is 0 Å². The summed E-state index contributed by atoms with van der Waals surface area (Å²) in [7, 11) is 0. The van der Waals surface area contributed by atoms with Gasteiger partial charge in [-0.15, -0.1) is 0 Å². The van der Waals surface area contributed by atoms with Gasteiger partial charge >= 0.3 is 0 Å².